The Balaban J connectivity index is 3.09. The van der Waals surface area contributed by atoms with Gasteiger partial charge in [0.2, 0.25) is 0 Å². The predicted molar refractivity (Wildman–Crippen MR) is 89.9 cm³/mol. The summed E-state index contributed by atoms with van der Waals surface area (Å²) in [6.45, 7) is 14.9. The first-order chi connectivity index (χ1) is 10.4. The van der Waals surface area contributed by atoms with Crippen LogP contribution in [0.25, 0.3) is 0 Å². The molecule has 0 radical (unpaired) electrons. The summed E-state index contributed by atoms with van der Waals surface area (Å²) in [5.74, 6) is -0.225. The molecule has 0 saturated carbocycles. The van der Waals surface area contributed by atoms with Crippen molar-refractivity contribution in [3.8, 4) is 0 Å². The number of piperidine rings is 1. The van der Waals surface area contributed by atoms with E-state index in [1.807, 2.05) is 13.8 Å². The number of rotatable bonds is 4. The van der Waals surface area contributed by atoms with Crippen LogP contribution in [-0.2, 0) is 9.53 Å². The van der Waals surface area contributed by atoms with E-state index >= 15 is 0 Å². The maximum atomic E-state index is 12.8. The number of imide groups is 1. The average Bonchev–Trinajstić information content (AvgIpc) is 2.30. The Morgan fingerprint density at radius 2 is 2.04 bits per heavy atom. The minimum Gasteiger partial charge on any atom is -0.443 e. The molecular weight excluding hydrogens is 294 g/mol. The van der Waals surface area contributed by atoms with Crippen LogP contribution in [0.5, 0.6) is 0 Å². The molecule has 5 nitrogen and oxygen atoms in total. The van der Waals surface area contributed by atoms with Gasteiger partial charge in [-0.2, -0.15) is 0 Å². The molecule has 5 heteroatoms. The van der Waals surface area contributed by atoms with Gasteiger partial charge in [0.05, 0.1) is 0 Å². The molecular formula is C18H31NO4. The summed E-state index contributed by atoms with van der Waals surface area (Å²) in [4.78, 5) is 26.5. The van der Waals surface area contributed by atoms with Crippen molar-refractivity contribution in [3.05, 3.63) is 12.2 Å². The van der Waals surface area contributed by atoms with Crippen LogP contribution in [0.4, 0.5) is 4.79 Å². The number of carbonyl (C=O) groups is 2. The van der Waals surface area contributed by atoms with E-state index in [0.717, 1.165) is 4.90 Å². The summed E-state index contributed by atoms with van der Waals surface area (Å²) in [5, 5.41) is 10.7. The van der Waals surface area contributed by atoms with E-state index in [-0.39, 0.29) is 12.5 Å². The second-order valence-electron chi connectivity index (χ2n) is 8.14. The van der Waals surface area contributed by atoms with E-state index in [1.54, 1.807) is 27.7 Å². The SMILES string of the molecule is C=C(C)C[C@]1(O)CC[C@H](CC(C)C)N(C(=O)OC(C)(C)C)C1=O. The smallest absolute Gasteiger partial charge is 0.417 e. The van der Waals surface area contributed by atoms with Gasteiger partial charge in [-0.15, -0.1) is 6.58 Å². The third-order valence-electron chi connectivity index (χ3n) is 3.80. The molecule has 1 N–H and O–H groups in total. The van der Waals surface area contributed by atoms with Crippen molar-refractivity contribution < 1.29 is 19.4 Å². The second kappa shape index (κ2) is 7.04. The molecule has 0 unspecified atom stereocenters. The molecule has 1 aliphatic rings. The van der Waals surface area contributed by atoms with E-state index < -0.39 is 23.2 Å². The van der Waals surface area contributed by atoms with Crippen molar-refractivity contribution in [2.24, 2.45) is 5.92 Å². The number of likely N-dealkylation sites (tertiary alicyclic amines) is 1. The lowest BCUT2D eigenvalue weighted by atomic mass is 9.81. The first kappa shape index (κ1) is 19.7. The summed E-state index contributed by atoms with van der Waals surface area (Å²) in [6, 6.07) is -0.234. The zero-order chi connectivity index (χ0) is 18.0. The van der Waals surface area contributed by atoms with Gasteiger partial charge >= 0.3 is 6.09 Å². The molecule has 0 spiro atoms. The number of ether oxygens (including phenoxy) is 1. The first-order valence-electron chi connectivity index (χ1n) is 8.29. The van der Waals surface area contributed by atoms with Gasteiger partial charge in [0.25, 0.3) is 5.91 Å². The molecule has 1 heterocycles. The van der Waals surface area contributed by atoms with Crippen molar-refractivity contribution in [2.45, 2.75) is 84.5 Å². The Hall–Kier alpha value is -1.36. The Morgan fingerprint density at radius 1 is 1.48 bits per heavy atom. The molecule has 0 aromatic rings. The minimum atomic E-state index is -1.56. The van der Waals surface area contributed by atoms with E-state index in [0.29, 0.717) is 30.8 Å². The van der Waals surface area contributed by atoms with E-state index in [9.17, 15) is 14.7 Å². The summed E-state index contributed by atoms with van der Waals surface area (Å²) < 4.78 is 5.39. The molecule has 0 aromatic carbocycles. The lowest BCUT2D eigenvalue weighted by Gasteiger charge is -2.43. The van der Waals surface area contributed by atoms with Crippen LogP contribution in [0.1, 0.15) is 67.2 Å². The molecule has 2 amide bonds. The molecule has 1 saturated heterocycles. The van der Waals surface area contributed by atoms with Gasteiger partial charge in [0.15, 0.2) is 0 Å². The second-order valence-corrected chi connectivity index (χ2v) is 8.14. The summed E-state index contributed by atoms with van der Waals surface area (Å²) in [7, 11) is 0. The van der Waals surface area contributed by atoms with Gasteiger partial charge in [0.1, 0.15) is 11.2 Å². The molecule has 1 aliphatic heterocycles. The van der Waals surface area contributed by atoms with Crippen LogP contribution in [0.3, 0.4) is 0 Å². The lowest BCUT2D eigenvalue weighted by molar-refractivity contribution is -0.159. The fourth-order valence-corrected chi connectivity index (χ4v) is 3.01. The highest BCUT2D eigenvalue weighted by Crippen LogP contribution is 2.34. The van der Waals surface area contributed by atoms with Crippen molar-refractivity contribution >= 4 is 12.0 Å². The highest BCUT2D eigenvalue weighted by Gasteiger charge is 2.49. The maximum absolute atomic E-state index is 12.8. The standard InChI is InChI=1S/C18H31NO4/c1-12(2)10-14-8-9-18(22,11-13(3)4)15(20)19(14)16(21)23-17(5,6)7/h12,14,22H,3,8-11H2,1-2,4-7H3/t14-,18-/m1/s1. The van der Waals surface area contributed by atoms with Gasteiger partial charge in [-0.1, -0.05) is 19.4 Å². The molecule has 0 aromatic heterocycles. The quantitative estimate of drug-likeness (QED) is 0.801. The zero-order valence-electron chi connectivity index (χ0n) is 15.3. The topological polar surface area (TPSA) is 66.8 Å². The van der Waals surface area contributed by atoms with Crippen LogP contribution in [-0.4, -0.2) is 39.3 Å². The Morgan fingerprint density at radius 3 is 2.48 bits per heavy atom. The van der Waals surface area contributed by atoms with Crippen LogP contribution in [0.15, 0.2) is 12.2 Å². The molecule has 1 fully saturated rings. The molecule has 0 aliphatic carbocycles. The zero-order valence-corrected chi connectivity index (χ0v) is 15.3. The number of aliphatic hydroxyl groups is 1. The molecule has 23 heavy (non-hydrogen) atoms. The number of carbonyl (C=O) groups excluding carboxylic acids is 2. The number of hydrogen-bond acceptors (Lipinski definition) is 4. The fraction of sp³-hybridized carbons (Fsp3) is 0.778. The monoisotopic (exact) mass is 325 g/mol. The Kier molecular flexibility index (Phi) is 6.02. The third-order valence-corrected chi connectivity index (χ3v) is 3.80. The summed E-state index contributed by atoms with van der Waals surface area (Å²) in [6.07, 6.45) is 1.11. The van der Waals surface area contributed by atoms with Crippen molar-refractivity contribution in [1.82, 2.24) is 4.90 Å². The van der Waals surface area contributed by atoms with Gasteiger partial charge in [-0.05, 0) is 52.9 Å². The highest BCUT2D eigenvalue weighted by molar-refractivity contribution is 5.98. The number of amides is 2. The predicted octanol–water partition coefficient (Wildman–Crippen LogP) is 3.66. The molecule has 0 bridgehead atoms. The number of hydrogen-bond donors (Lipinski definition) is 1. The van der Waals surface area contributed by atoms with Crippen LogP contribution < -0.4 is 0 Å². The van der Waals surface area contributed by atoms with Gasteiger partial charge in [-0.3, -0.25) is 4.79 Å². The average molecular weight is 325 g/mol. The molecule has 1 rings (SSSR count). The van der Waals surface area contributed by atoms with Crippen molar-refractivity contribution in [3.63, 3.8) is 0 Å². The van der Waals surface area contributed by atoms with Crippen LogP contribution >= 0.6 is 0 Å². The van der Waals surface area contributed by atoms with Crippen LogP contribution in [0, 0.1) is 5.92 Å². The Bertz CT molecular complexity index is 478. The normalized spacial score (nSPS) is 25.7. The van der Waals surface area contributed by atoms with Gasteiger partial charge in [0, 0.05) is 12.5 Å². The highest BCUT2D eigenvalue weighted by atomic mass is 16.6. The third kappa shape index (κ3) is 5.34. The van der Waals surface area contributed by atoms with Crippen LogP contribution in [0.2, 0.25) is 0 Å². The summed E-state index contributed by atoms with van der Waals surface area (Å²) >= 11 is 0. The number of nitrogens with zero attached hydrogens (tertiary/aromatic N) is 1. The van der Waals surface area contributed by atoms with Gasteiger partial charge < -0.3 is 9.84 Å². The Labute approximate surface area is 139 Å². The van der Waals surface area contributed by atoms with E-state index in [2.05, 4.69) is 6.58 Å². The fourth-order valence-electron chi connectivity index (χ4n) is 3.01. The van der Waals surface area contributed by atoms with Crippen molar-refractivity contribution in [2.75, 3.05) is 0 Å². The summed E-state index contributed by atoms with van der Waals surface area (Å²) in [5.41, 5.74) is -1.54. The lowest BCUT2D eigenvalue weighted by Crippen LogP contribution is -2.60. The maximum Gasteiger partial charge on any atom is 0.417 e. The van der Waals surface area contributed by atoms with E-state index in [4.69, 9.17) is 4.74 Å². The molecule has 132 valence electrons. The first-order valence-corrected chi connectivity index (χ1v) is 8.29. The van der Waals surface area contributed by atoms with Crippen molar-refractivity contribution in [1.29, 1.82) is 0 Å². The molecule has 2 atom stereocenters. The largest absolute Gasteiger partial charge is 0.443 e. The van der Waals surface area contributed by atoms with Gasteiger partial charge in [-0.25, -0.2) is 9.69 Å². The van der Waals surface area contributed by atoms with E-state index in [1.165, 1.54) is 0 Å². The minimum absolute atomic E-state index is 0.166.